The first-order valence-electron chi connectivity index (χ1n) is 9.42. The quantitative estimate of drug-likeness (QED) is 0.430. The number of hydrogen-bond donors (Lipinski definition) is 0. The molecule has 0 aromatic heterocycles. The Hall–Kier alpha value is -1.00. The highest BCUT2D eigenvalue weighted by Crippen LogP contribution is 2.55. The van der Waals surface area contributed by atoms with Gasteiger partial charge in [0.2, 0.25) is 0 Å². The summed E-state index contributed by atoms with van der Waals surface area (Å²) in [7, 11) is 0. The van der Waals surface area contributed by atoms with Gasteiger partial charge >= 0.3 is 0 Å². The maximum Gasteiger partial charge on any atom is 0.257 e. The van der Waals surface area contributed by atoms with E-state index in [1.165, 1.54) is 41.5 Å². The third kappa shape index (κ3) is 2.48. The average Bonchev–Trinajstić information content (AvgIpc) is 2.58. The molecular formula is C22H22Br2O2. The fourth-order valence-electron chi connectivity index (χ4n) is 5.17. The Labute approximate surface area is 171 Å². The van der Waals surface area contributed by atoms with Gasteiger partial charge < -0.3 is 9.47 Å². The fourth-order valence-corrected chi connectivity index (χ4v) is 6.57. The van der Waals surface area contributed by atoms with Crippen LogP contribution in [-0.2, 0) is 12.8 Å². The molecule has 2 aliphatic heterocycles. The van der Waals surface area contributed by atoms with E-state index in [-0.39, 0.29) is 0 Å². The van der Waals surface area contributed by atoms with E-state index in [1.807, 2.05) is 0 Å². The number of aryl methyl sites for hydroxylation is 2. The van der Waals surface area contributed by atoms with Crippen molar-refractivity contribution < 1.29 is 9.47 Å². The zero-order valence-electron chi connectivity index (χ0n) is 15.1. The molecule has 1 saturated carbocycles. The lowest BCUT2D eigenvalue weighted by molar-refractivity contribution is -0.226. The van der Waals surface area contributed by atoms with Gasteiger partial charge in [-0.2, -0.15) is 0 Å². The SMILES string of the molecule is Cc1cc(Br)c2c(c1)C[C@H]1CCC[C@@H]3Cc4cc(C)cc(Br)c4OC13O2. The van der Waals surface area contributed by atoms with Crippen molar-refractivity contribution in [1.29, 1.82) is 0 Å². The number of benzene rings is 2. The second kappa shape index (κ2) is 6.00. The van der Waals surface area contributed by atoms with Crippen molar-refractivity contribution in [3.05, 3.63) is 55.5 Å². The van der Waals surface area contributed by atoms with Gasteiger partial charge in [0.25, 0.3) is 5.79 Å². The van der Waals surface area contributed by atoms with Gasteiger partial charge in [-0.15, -0.1) is 0 Å². The van der Waals surface area contributed by atoms with Gasteiger partial charge in [-0.3, -0.25) is 0 Å². The van der Waals surface area contributed by atoms with Crippen molar-refractivity contribution in [2.24, 2.45) is 11.8 Å². The first kappa shape index (κ1) is 17.1. The van der Waals surface area contributed by atoms with E-state index in [0.717, 1.165) is 33.3 Å². The monoisotopic (exact) mass is 476 g/mol. The Balaban J connectivity index is 1.64. The second-order valence-corrected chi connectivity index (χ2v) is 9.84. The van der Waals surface area contributed by atoms with Crippen LogP contribution in [0.2, 0.25) is 0 Å². The lowest BCUT2D eigenvalue weighted by atomic mass is 9.68. The van der Waals surface area contributed by atoms with E-state index in [2.05, 4.69) is 70.0 Å². The van der Waals surface area contributed by atoms with Crippen LogP contribution in [0.5, 0.6) is 11.5 Å². The minimum Gasteiger partial charge on any atom is -0.450 e. The molecule has 5 rings (SSSR count). The van der Waals surface area contributed by atoms with Crippen LogP contribution in [0, 0.1) is 25.7 Å². The summed E-state index contributed by atoms with van der Waals surface area (Å²) in [6, 6.07) is 8.83. The number of halogens is 2. The zero-order chi connectivity index (χ0) is 18.1. The molecule has 2 nitrogen and oxygen atoms in total. The minimum atomic E-state index is -0.534. The Morgan fingerprint density at radius 2 is 1.27 bits per heavy atom. The summed E-state index contributed by atoms with van der Waals surface area (Å²) in [4.78, 5) is 0. The molecule has 1 spiro atoms. The third-order valence-corrected chi connectivity index (χ3v) is 7.41. The van der Waals surface area contributed by atoms with Gasteiger partial charge in [-0.25, -0.2) is 0 Å². The third-order valence-electron chi connectivity index (χ3n) is 6.23. The van der Waals surface area contributed by atoms with Crippen molar-refractivity contribution in [1.82, 2.24) is 0 Å². The molecule has 26 heavy (non-hydrogen) atoms. The maximum atomic E-state index is 6.77. The molecule has 4 heteroatoms. The van der Waals surface area contributed by atoms with Gasteiger partial charge in [0, 0.05) is 11.8 Å². The summed E-state index contributed by atoms with van der Waals surface area (Å²) in [6.07, 6.45) is 5.66. The van der Waals surface area contributed by atoms with Crippen LogP contribution in [0.4, 0.5) is 0 Å². The summed E-state index contributed by atoms with van der Waals surface area (Å²) < 4.78 is 15.6. The predicted octanol–water partition coefficient (Wildman–Crippen LogP) is 6.51. The number of hydrogen-bond acceptors (Lipinski definition) is 2. The molecule has 3 aliphatic rings. The molecule has 2 aromatic rings. The highest BCUT2D eigenvalue weighted by molar-refractivity contribution is 9.10. The summed E-state index contributed by atoms with van der Waals surface area (Å²) >= 11 is 7.46. The Kier molecular flexibility index (Phi) is 3.95. The van der Waals surface area contributed by atoms with Crippen LogP contribution >= 0.6 is 31.9 Å². The standard InChI is InChI=1S/C22H22Br2O2/c1-12-6-14-10-16-4-3-5-17-11-15-7-13(2)9-19(24)21(15)26-22(16,17)25-20(14)18(23)8-12/h6-9,16-17H,3-5,10-11H2,1-2H3/t16-,17-,22?/m1/s1. The Morgan fingerprint density at radius 3 is 1.73 bits per heavy atom. The largest absolute Gasteiger partial charge is 0.450 e. The van der Waals surface area contributed by atoms with Crippen LogP contribution in [0.15, 0.2) is 33.2 Å². The van der Waals surface area contributed by atoms with E-state index in [4.69, 9.17) is 9.47 Å². The van der Waals surface area contributed by atoms with Gasteiger partial charge in [0.15, 0.2) is 0 Å². The number of rotatable bonds is 0. The van der Waals surface area contributed by atoms with Crippen molar-refractivity contribution in [3.63, 3.8) is 0 Å². The molecule has 0 unspecified atom stereocenters. The predicted molar refractivity (Wildman–Crippen MR) is 110 cm³/mol. The van der Waals surface area contributed by atoms with E-state index in [0.29, 0.717) is 11.8 Å². The molecule has 0 radical (unpaired) electrons. The molecular weight excluding hydrogens is 456 g/mol. The van der Waals surface area contributed by atoms with Crippen molar-refractivity contribution in [2.75, 3.05) is 0 Å². The Bertz CT molecular complexity index is 832. The zero-order valence-corrected chi connectivity index (χ0v) is 18.2. The number of ether oxygens (including phenoxy) is 2. The summed E-state index contributed by atoms with van der Waals surface area (Å²) in [5.41, 5.74) is 5.17. The Morgan fingerprint density at radius 1 is 0.808 bits per heavy atom. The van der Waals surface area contributed by atoms with E-state index in [1.54, 1.807) is 0 Å². The second-order valence-electron chi connectivity index (χ2n) is 8.13. The van der Waals surface area contributed by atoms with Crippen LogP contribution < -0.4 is 9.47 Å². The first-order valence-corrected chi connectivity index (χ1v) is 11.0. The van der Waals surface area contributed by atoms with Gasteiger partial charge in [0.1, 0.15) is 11.5 Å². The minimum absolute atomic E-state index is 0.406. The van der Waals surface area contributed by atoms with E-state index >= 15 is 0 Å². The van der Waals surface area contributed by atoms with Gasteiger partial charge in [-0.1, -0.05) is 18.6 Å². The molecule has 0 saturated heterocycles. The molecule has 2 atom stereocenters. The smallest absolute Gasteiger partial charge is 0.257 e. The lowest BCUT2D eigenvalue weighted by Crippen LogP contribution is -2.61. The molecule has 1 fully saturated rings. The molecule has 0 N–H and O–H groups in total. The summed E-state index contributed by atoms with van der Waals surface area (Å²) in [5, 5.41) is 0. The normalized spacial score (nSPS) is 28.8. The van der Waals surface area contributed by atoms with Crippen LogP contribution in [0.3, 0.4) is 0 Å². The van der Waals surface area contributed by atoms with Crippen LogP contribution in [0.1, 0.15) is 41.5 Å². The van der Waals surface area contributed by atoms with E-state index < -0.39 is 5.79 Å². The fraction of sp³-hybridized carbons (Fsp3) is 0.455. The van der Waals surface area contributed by atoms with Crippen molar-refractivity contribution >= 4 is 31.9 Å². The van der Waals surface area contributed by atoms with E-state index in [9.17, 15) is 0 Å². The van der Waals surface area contributed by atoms with Crippen LogP contribution in [-0.4, -0.2) is 5.79 Å². The molecule has 1 aliphatic carbocycles. The highest BCUT2D eigenvalue weighted by Gasteiger charge is 2.57. The summed E-state index contributed by atoms with van der Waals surface area (Å²) in [6.45, 7) is 4.29. The average molecular weight is 478 g/mol. The molecule has 2 heterocycles. The summed E-state index contributed by atoms with van der Waals surface area (Å²) in [5.74, 6) is 2.23. The van der Waals surface area contributed by atoms with Gasteiger partial charge in [-0.05, 0) is 106 Å². The molecule has 0 amide bonds. The van der Waals surface area contributed by atoms with Crippen molar-refractivity contribution in [2.45, 2.75) is 51.7 Å². The highest BCUT2D eigenvalue weighted by atomic mass is 79.9. The molecule has 2 aromatic carbocycles. The van der Waals surface area contributed by atoms with Crippen molar-refractivity contribution in [3.8, 4) is 11.5 Å². The first-order chi connectivity index (χ1) is 12.5. The topological polar surface area (TPSA) is 18.5 Å². The molecule has 136 valence electrons. The maximum absolute atomic E-state index is 6.77. The van der Waals surface area contributed by atoms with Gasteiger partial charge in [0.05, 0.1) is 8.95 Å². The van der Waals surface area contributed by atoms with Crippen LogP contribution in [0.25, 0.3) is 0 Å². The lowest BCUT2D eigenvalue weighted by Gasteiger charge is -2.53. The number of fused-ring (bicyclic) bond motifs is 2. The molecule has 0 bridgehead atoms.